The molecule has 1 aromatic carbocycles. The molecule has 2 aromatic rings. The van der Waals surface area contributed by atoms with Crippen LogP contribution in [0.15, 0.2) is 48.7 Å². The molecule has 0 saturated carbocycles. The Bertz CT molecular complexity index is 699. The van der Waals surface area contributed by atoms with Crippen molar-refractivity contribution in [1.29, 1.82) is 0 Å². The van der Waals surface area contributed by atoms with Gasteiger partial charge in [0.2, 0.25) is 5.88 Å². The van der Waals surface area contributed by atoms with Crippen LogP contribution in [0.2, 0.25) is 0 Å². The third-order valence-electron chi connectivity index (χ3n) is 3.51. The highest BCUT2D eigenvalue weighted by Crippen LogP contribution is 2.19. The van der Waals surface area contributed by atoms with Gasteiger partial charge in [0.15, 0.2) is 0 Å². The highest BCUT2D eigenvalue weighted by atomic mass is 16.5. The summed E-state index contributed by atoms with van der Waals surface area (Å²) < 4.78 is 5.46. The van der Waals surface area contributed by atoms with Crippen molar-refractivity contribution in [2.45, 2.75) is 38.8 Å². The first-order valence-electron chi connectivity index (χ1n) is 8.16. The van der Waals surface area contributed by atoms with E-state index in [0.717, 1.165) is 5.56 Å². The van der Waals surface area contributed by atoms with Gasteiger partial charge in [-0.1, -0.05) is 30.3 Å². The molecule has 6 nitrogen and oxygen atoms in total. The number of ether oxygens (including phenoxy) is 1. The SMILES string of the molecule is CC(C)Oc1ccc(C(=O)NC(CCC(=O)O)c2ccccc2)cn1. The van der Waals surface area contributed by atoms with Gasteiger partial charge in [0.1, 0.15) is 0 Å². The lowest BCUT2D eigenvalue weighted by Gasteiger charge is -2.18. The number of nitrogens with zero attached hydrogens (tertiary/aromatic N) is 1. The van der Waals surface area contributed by atoms with Gasteiger partial charge in [-0.3, -0.25) is 9.59 Å². The number of hydrogen-bond donors (Lipinski definition) is 2. The summed E-state index contributed by atoms with van der Waals surface area (Å²) in [5.41, 5.74) is 1.26. The summed E-state index contributed by atoms with van der Waals surface area (Å²) in [6, 6.07) is 12.2. The molecule has 0 aliphatic rings. The van der Waals surface area contributed by atoms with Gasteiger partial charge in [-0.15, -0.1) is 0 Å². The molecule has 1 amide bonds. The van der Waals surface area contributed by atoms with Crippen LogP contribution >= 0.6 is 0 Å². The zero-order valence-electron chi connectivity index (χ0n) is 14.3. The van der Waals surface area contributed by atoms with E-state index in [1.807, 2.05) is 44.2 Å². The maximum atomic E-state index is 12.5. The minimum atomic E-state index is -0.896. The van der Waals surface area contributed by atoms with Crippen LogP contribution in [0.4, 0.5) is 0 Å². The number of aromatic nitrogens is 1. The van der Waals surface area contributed by atoms with Crippen LogP contribution in [0, 0.1) is 0 Å². The molecule has 1 heterocycles. The molecule has 132 valence electrons. The highest BCUT2D eigenvalue weighted by molar-refractivity contribution is 5.94. The van der Waals surface area contributed by atoms with Crippen LogP contribution in [0.1, 0.15) is 48.7 Å². The molecule has 6 heteroatoms. The number of carbonyl (C=O) groups is 2. The first-order valence-corrected chi connectivity index (χ1v) is 8.16. The fraction of sp³-hybridized carbons (Fsp3) is 0.316. The lowest BCUT2D eigenvalue weighted by atomic mass is 10.0. The van der Waals surface area contributed by atoms with E-state index in [0.29, 0.717) is 17.9 Å². The molecule has 0 fully saturated rings. The largest absolute Gasteiger partial charge is 0.481 e. The van der Waals surface area contributed by atoms with Gasteiger partial charge >= 0.3 is 5.97 Å². The van der Waals surface area contributed by atoms with Crippen molar-refractivity contribution >= 4 is 11.9 Å². The Morgan fingerprint density at radius 2 is 1.88 bits per heavy atom. The number of carboxylic acids is 1. The Kier molecular flexibility index (Phi) is 6.51. The summed E-state index contributed by atoms with van der Waals surface area (Å²) in [5, 5.41) is 11.8. The summed E-state index contributed by atoms with van der Waals surface area (Å²) in [4.78, 5) is 27.5. The Labute approximate surface area is 146 Å². The fourth-order valence-corrected chi connectivity index (χ4v) is 2.34. The molecule has 1 unspecified atom stereocenters. The molecule has 2 rings (SSSR count). The van der Waals surface area contributed by atoms with E-state index < -0.39 is 5.97 Å². The van der Waals surface area contributed by atoms with Gasteiger partial charge in [0.05, 0.1) is 17.7 Å². The zero-order valence-corrected chi connectivity index (χ0v) is 14.3. The van der Waals surface area contributed by atoms with Crippen LogP contribution in [-0.4, -0.2) is 28.1 Å². The van der Waals surface area contributed by atoms with Crippen LogP contribution < -0.4 is 10.1 Å². The molecule has 1 aromatic heterocycles. The summed E-state index contributed by atoms with van der Waals surface area (Å²) in [5.74, 6) is -0.744. The molecule has 0 aliphatic carbocycles. The van der Waals surface area contributed by atoms with Crippen LogP contribution in [0.25, 0.3) is 0 Å². The van der Waals surface area contributed by atoms with Crippen molar-refractivity contribution in [2.75, 3.05) is 0 Å². The maximum absolute atomic E-state index is 12.5. The minimum Gasteiger partial charge on any atom is -0.481 e. The minimum absolute atomic E-state index is 0.00524. The van der Waals surface area contributed by atoms with Gasteiger partial charge in [-0.05, 0) is 31.9 Å². The number of pyridine rings is 1. The topological polar surface area (TPSA) is 88.5 Å². The van der Waals surface area contributed by atoms with Crippen molar-refractivity contribution in [3.05, 3.63) is 59.8 Å². The average Bonchev–Trinajstić information content (AvgIpc) is 2.59. The monoisotopic (exact) mass is 342 g/mol. The number of amides is 1. The highest BCUT2D eigenvalue weighted by Gasteiger charge is 2.17. The van der Waals surface area contributed by atoms with Gasteiger partial charge in [0, 0.05) is 18.7 Å². The molecule has 0 bridgehead atoms. The fourth-order valence-electron chi connectivity index (χ4n) is 2.34. The molecule has 0 aliphatic heterocycles. The quantitative estimate of drug-likeness (QED) is 0.769. The first-order chi connectivity index (χ1) is 12.0. The number of nitrogens with one attached hydrogen (secondary N) is 1. The Morgan fingerprint density at radius 3 is 2.44 bits per heavy atom. The van der Waals surface area contributed by atoms with Crippen molar-refractivity contribution in [2.24, 2.45) is 0 Å². The van der Waals surface area contributed by atoms with Crippen LogP contribution in [0.3, 0.4) is 0 Å². The van der Waals surface area contributed by atoms with Crippen LogP contribution in [-0.2, 0) is 4.79 Å². The standard InChI is InChI=1S/C19H22N2O4/c1-13(2)25-17-10-8-15(12-20-17)19(24)21-16(9-11-18(22)23)14-6-4-3-5-7-14/h3-8,10,12-13,16H,9,11H2,1-2H3,(H,21,24)(H,22,23). The summed E-state index contributed by atoms with van der Waals surface area (Å²) >= 11 is 0. The van der Waals surface area contributed by atoms with Crippen molar-refractivity contribution in [1.82, 2.24) is 10.3 Å². The van der Waals surface area contributed by atoms with E-state index in [1.54, 1.807) is 12.1 Å². The molecular formula is C19H22N2O4. The van der Waals surface area contributed by atoms with E-state index in [-0.39, 0.29) is 24.5 Å². The number of carboxylic acid groups (broad SMARTS) is 1. The number of rotatable bonds is 8. The molecule has 0 spiro atoms. The van der Waals surface area contributed by atoms with E-state index in [2.05, 4.69) is 10.3 Å². The van der Waals surface area contributed by atoms with Gasteiger partial charge < -0.3 is 15.2 Å². The molecule has 25 heavy (non-hydrogen) atoms. The van der Waals surface area contributed by atoms with E-state index in [9.17, 15) is 9.59 Å². The van der Waals surface area contributed by atoms with E-state index >= 15 is 0 Å². The summed E-state index contributed by atoms with van der Waals surface area (Å²) in [6.07, 6.45) is 1.74. The molecule has 0 saturated heterocycles. The predicted octanol–water partition coefficient (Wildman–Crippen LogP) is 3.20. The zero-order chi connectivity index (χ0) is 18.2. The third kappa shape index (κ3) is 5.91. The number of carbonyl (C=O) groups excluding carboxylic acids is 1. The van der Waals surface area contributed by atoms with Crippen LogP contribution in [0.5, 0.6) is 5.88 Å². The maximum Gasteiger partial charge on any atom is 0.303 e. The molecule has 0 radical (unpaired) electrons. The van der Waals surface area contributed by atoms with E-state index in [1.165, 1.54) is 6.20 Å². The second-order valence-corrected chi connectivity index (χ2v) is 5.92. The second-order valence-electron chi connectivity index (χ2n) is 5.92. The predicted molar refractivity (Wildman–Crippen MR) is 93.5 cm³/mol. The lowest BCUT2D eigenvalue weighted by Crippen LogP contribution is -2.29. The van der Waals surface area contributed by atoms with Crippen molar-refractivity contribution in [3.63, 3.8) is 0 Å². The van der Waals surface area contributed by atoms with Gasteiger partial charge in [-0.25, -0.2) is 4.98 Å². The van der Waals surface area contributed by atoms with Gasteiger partial charge in [-0.2, -0.15) is 0 Å². The van der Waals surface area contributed by atoms with Gasteiger partial charge in [0.25, 0.3) is 5.91 Å². The molecule has 2 N–H and O–H groups in total. The number of hydrogen-bond acceptors (Lipinski definition) is 4. The Balaban J connectivity index is 2.09. The Morgan fingerprint density at radius 1 is 1.16 bits per heavy atom. The smallest absolute Gasteiger partial charge is 0.303 e. The number of benzene rings is 1. The normalized spacial score (nSPS) is 11.8. The summed E-state index contributed by atoms with van der Waals surface area (Å²) in [6.45, 7) is 3.80. The average molecular weight is 342 g/mol. The molecular weight excluding hydrogens is 320 g/mol. The lowest BCUT2D eigenvalue weighted by molar-refractivity contribution is -0.137. The van der Waals surface area contributed by atoms with E-state index in [4.69, 9.17) is 9.84 Å². The number of aliphatic carboxylic acids is 1. The Hall–Kier alpha value is -2.89. The first kappa shape index (κ1) is 18.4. The molecule has 1 atom stereocenters. The second kappa shape index (κ2) is 8.82. The third-order valence-corrected chi connectivity index (χ3v) is 3.51. The summed E-state index contributed by atoms with van der Waals surface area (Å²) in [7, 11) is 0. The van der Waals surface area contributed by atoms with Crippen molar-refractivity contribution < 1.29 is 19.4 Å². The van der Waals surface area contributed by atoms with Crippen molar-refractivity contribution in [3.8, 4) is 5.88 Å².